The van der Waals surface area contributed by atoms with E-state index in [2.05, 4.69) is 10.3 Å². The standard InChI is InChI=1S/C13H20N2O2/c1-10(9-11-7-5-6-8-14-11)15-12(16)17-13(2,3)4/h5-8,10H,9H2,1-4H3,(H,15,16)/t10-/m1/s1. The Balaban J connectivity index is 2.40. The fourth-order valence-corrected chi connectivity index (χ4v) is 1.39. The van der Waals surface area contributed by atoms with E-state index in [9.17, 15) is 4.79 Å². The maximum atomic E-state index is 11.5. The molecule has 0 saturated heterocycles. The monoisotopic (exact) mass is 236 g/mol. The highest BCUT2D eigenvalue weighted by Crippen LogP contribution is 2.07. The zero-order valence-electron chi connectivity index (χ0n) is 10.9. The van der Waals surface area contributed by atoms with Crippen molar-refractivity contribution in [2.24, 2.45) is 0 Å². The Bertz CT molecular complexity index is 357. The summed E-state index contributed by atoms with van der Waals surface area (Å²) in [6, 6.07) is 5.74. The van der Waals surface area contributed by atoms with Gasteiger partial charge in [-0.1, -0.05) is 6.07 Å². The first-order valence-electron chi connectivity index (χ1n) is 5.76. The molecule has 1 rings (SSSR count). The second-order valence-electron chi connectivity index (χ2n) is 5.07. The summed E-state index contributed by atoms with van der Waals surface area (Å²) in [7, 11) is 0. The van der Waals surface area contributed by atoms with E-state index in [-0.39, 0.29) is 12.1 Å². The third-order valence-electron chi connectivity index (χ3n) is 2.00. The minimum absolute atomic E-state index is 0.000231. The molecule has 1 atom stereocenters. The Morgan fingerprint density at radius 2 is 2.18 bits per heavy atom. The SMILES string of the molecule is C[C@H](Cc1ccccn1)NC(=O)OC(C)(C)C. The number of carbonyl (C=O) groups excluding carboxylic acids is 1. The molecule has 1 aromatic rings. The molecule has 0 aliphatic carbocycles. The van der Waals surface area contributed by atoms with Crippen molar-refractivity contribution in [1.82, 2.24) is 10.3 Å². The van der Waals surface area contributed by atoms with E-state index in [1.54, 1.807) is 6.20 Å². The van der Waals surface area contributed by atoms with Crippen molar-refractivity contribution in [2.75, 3.05) is 0 Å². The predicted octanol–water partition coefficient (Wildman–Crippen LogP) is 2.54. The van der Waals surface area contributed by atoms with Crippen LogP contribution in [-0.2, 0) is 11.2 Å². The molecule has 1 amide bonds. The van der Waals surface area contributed by atoms with E-state index in [0.29, 0.717) is 6.42 Å². The van der Waals surface area contributed by atoms with Crippen LogP contribution in [0.2, 0.25) is 0 Å². The number of hydrogen-bond acceptors (Lipinski definition) is 3. The van der Waals surface area contributed by atoms with Gasteiger partial charge in [-0.05, 0) is 39.8 Å². The highest BCUT2D eigenvalue weighted by atomic mass is 16.6. The van der Waals surface area contributed by atoms with Gasteiger partial charge in [0.2, 0.25) is 0 Å². The molecule has 0 aliphatic rings. The zero-order chi connectivity index (χ0) is 12.9. The van der Waals surface area contributed by atoms with Crippen molar-refractivity contribution in [2.45, 2.75) is 45.8 Å². The molecule has 0 saturated carbocycles. The van der Waals surface area contributed by atoms with Crippen LogP contribution in [0.25, 0.3) is 0 Å². The molecular weight excluding hydrogens is 216 g/mol. The number of alkyl carbamates (subject to hydrolysis) is 1. The fourth-order valence-electron chi connectivity index (χ4n) is 1.39. The molecule has 0 spiro atoms. The van der Waals surface area contributed by atoms with Gasteiger partial charge in [-0.15, -0.1) is 0 Å². The van der Waals surface area contributed by atoms with Gasteiger partial charge in [-0.2, -0.15) is 0 Å². The van der Waals surface area contributed by atoms with Gasteiger partial charge >= 0.3 is 6.09 Å². The number of nitrogens with zero attached hydrogens (tertiary/aromatic N) is 1. The van der Waals surface area contributed by atoms with E-state index < -0.39 is 5.60 Å². The normalized spacial score (nSPS) is 12.9. The van der Waals surface area contributed by atoms with Crippen molar-refractivity contribution >= 4 is 6.09 Å². The van der Waals surface area contributed by atoms with Gasteiger partial charge in [0.1, 0.15) is 5.60 Å². The number of nitrogens with one attached hydrogen (secondary N) is 1. The lowest BCUT2D eigenvalue weighted by Gasteiger charge is -2.21. The van der Waals surface area contributed by atoms with Gasteiger partial charge < -0.3 is 10.1 Å². The first-order chi connectivity index (χ1) is 7.87. The van der Waals surface area contributed by atoms with Crippen molar-refractivity contribution in [1.29, 1.82) is 0 Å². The van der Waals surface area contributed by atoms with Crippen LogP contribution < -0.4 is 5.32 Å². The average molecular weight is 236 g/mol. The summed E-state index contributed by atoms with van der Waals surface area (Å²) in [4.78, 5) is 15.7. The minimum atomic E-state index is -0.463. The van der Waals surface area contributed by atoms with Crippen molar-refractivity contribution < 1.29 is 9.53 Å². The molecule has 0 radical (unpaired) electrons. The van der Waals surface area contributed by atoms with Crippen LogP contribution in [0.15, 0.2) is 24.4 Å². The molecule has 1 aromatic heterocycles. The lowest BCUT2D eigenvalue weighted by Crippen LogP contribution is -2.38. The van der Waals surface area contributed by atoms with E-state index in [0.717, 1.165) is 5.69 Å². The quantitative estimate of drug-likeness (QED) is 0.877. The maximum absolute atomic E-state index is 11.5. The number of carbonyl (C=O) groups is 1. The molecule has 17 heavy (non-hydrogen) atoms. The van der Waals surface area contributed by atoms with Gasteiger partial charge in [0.05, 0.1) is 0 Å². The van der Waals surface area contributed by atoms with Crippen LogP contribution in [0.1, 0.15) is 33.4 Å². The highest BCUT2D eigenvalue weighted by Gasteiger charge is 2.17. The summed E-state index contributed by atoms with van der Waals surface area (Å²) in [5, 5.41) is 2.78. The Morgan fingerprint density at radius 3 is 2.71 bits per heavy atom. The molecule has 0 unspecified atom stereocenters. The first kappa shape index (κ1) is 13.5. The van der Waals surface area contributed by atoms with Crippen LogP contribution in [0.5, 0.6) is 0 Å². The van der Waals surface area contributed by atoms with Gasteiger partial charge in [0.15, 0.2) is 0 Å². The van der Waals surface area contributed by atoms with Crippen molar-refractivity contribution in [3.05, 3.63) is 30.1 Å². The number of hydrogen-bond donors (Lipinski definition) is 1. The molecule has 0 fully saturated rings. The molecule has 4 heteroatoms. The predicted molar refractivity (Wildman–Crippen MR) is 66.8 cm³/mol. The molecule has 1 N–H and O–H groups in total. The third-order valence-corrected chi connectivity index (χ3v) is 2.00. The van der Waals surface area contributed by atoms with Crippen LogP contribution in [0.3, 0.4) is 0 Å². The number of pyridine rings is 1. The molecule has 94 valence electrons. The largest absolute Gasteiger partial charge is 0.444 e. The topological polar surface area (TPSA) is 51.2 Å². The maximum Gasteiger partial charge on any atom is 0.407 e. The molecule has 0 bridgehead atoms. The summed E-state index contributed by atoms with van der Waals surface area (Å²) >= 11 is 0. The lowest BCUT2D eigenvalue weighted by molar-refractivity contribution is 0.0508. The lowest BCUT2D eigenvalue weighted by atomic mass is 10.1. The Kier molecular flexibility index (Phi) is 4.49. The summed E-state index contributed by atoms with van der Waals surface area (Å²) in [5.41, 5.74) is 0.491. The van der Waals surface area contributed by atoms with Gasteiger partial charge in [0, 0.05) is 24.4 Å². The summed E-state index contributed by atoms with van der Waals surface area (Å²) < 4.78 is 5.18. The second-order valence-corrected chi connectivity index (χ2v) is 5.07. The van der Waals surface area contributed by atoms with Crippen LogP contribution >= 0.6 is 0 Å². The first-order valence-corrected chi connectivity index (χ1v) is 5.76. The Hall–Kier alpha value is -1.58. The van der Waals surface area contributed by atoms with Crippen molar-refractivity contribution in [3.8, 4) is 0 Å². The second kappa shape index (κ2) is 5.66. The fraction of sp³-hybridized carbons (Fsp3) is 0.538. The Labute approximate surface area is 102 Å². The van der Waals surface area contributed by atoms with Gasteiger partial charge in [0.25, 0.3) is 0 Å². The zero-order valence-corrected chi connectivity index (χ0v) is 10.9. The Morgan fingerprint density at radius 1 is 1.47 bits per heavy atom. The van der Waals surface area contributed by atoms with Crippen LogP contribution in [0.4, 0.5) is 4.79 Å². The van der Waals surface area contributed by atoms with E-state index in [1.807, 2.05) is 45.9 Å². The molecule has 0 aliphatic heterocycles. The van der Waals surface area contributed by atoms with Crippen LogP contribution in [-0.4, -0.2) is 22.7 Å². The molecule has 0 aromatic carbocycles. The third kappa shape index (κ3) is 5.90. The van der Waals surface area contributed by atoms with Crippen LogP contribution in [0, 0.1) is 0 Å². The highest BCUT2D eigenvalue weighted by molar-refractivity contribution is 5.68. The number of amides is 1. The smallest absolute Gasteiger partial charge is 0.407 e. The van der Waals surface area contributed by atoms with E-state index in [4.69, 9.17) is 4.74 Å². The van der Waals surface area contributed by atoms with E-state index >= 15 is 0 Å². The minimum Gasteiger partial charge on any atom is -0.444 e. The molecule has 1 heterocycles. The van der Waals surface area contributed by atoms with Gasteiger partial charge in [-0.25, -0.2) is 4.79 Å². The summed E-state index contributed by atoms with van der Waals surface area (Å²) in [6.45, 7) is 7.46. The van der Waals surface area contributed by atoms with Gasteiger partial charge in [-0.3, -0.25) is 4.98 Å². The number of ether oxygens (including phenoxy) is 1. The van der Waals surface area contributed by atoms with E-state index in [1.165, 1.54) is 0 Å². The number of rotatable bonds is 3. The van der Waals surface area contributed by atoms with Crippen molar-refractivity contribution in [3.63, 3.8) is 0 Å². The summed E-state index contributed by atoms with van der Waals surface area (Å²) in [6.07, 6.45) is 2.05. The molecular formula is C13H20N2O2. The average Bonchev–Trinajstić information content (AvgIpc) is 2.15. The number of aromatic nitrogens is 1. The molecule has 4 nitrogen and oxygen atoms in total. The summed E-state index contributed by atoms with van der Waals surface area (Å²) in [5.74, 6) is 0.